The van der Waals surface area contributed by atoms with Crippen LogP contribution < -0.4 is 5.32 Å². The molecule has 0 heterocycles. The third-order valence-corrected chi connectivity index (χ3v) is 4.27. The molecule has 0 aromatic heterocycles. The van der Waals surface area contributed by atoms with Crippen molar-refractivity contribution in [2.75, 3.05) is 7.05 Å². The average Bonchev–Trinajstić information content (AvgIpc) is 2.35. The lowest BCUT2D eigenvalue weighted by molar-refractivity contribution is 0.300. The summed E-state index contributed by atoms with van der Waals surface area (Å²) >= 11 is 0. The Morgan fingerprint density at radius 2 is 1.82 bits per heavy atom. The van der Waals surface area contributed by atoms with E-state index in [1.165, 1.54) is 43.2 Å². The van der Waals surface area contributed by atoms with Crippen molar-refractivity contribution in [2.45, 2.75) is 52.0 Å². The maximum absolute atomic E-state index is 3.41. The first-order chi connectivity index (χ1) is 8.19. The van der Waals surface area contributed by atoms with Gasteiger partial charge in [0, 0.05) is 6.04 Å². The predicted octanol–water partition coefficient (Wildman–Crippen LogP) is 3.62. The van der Waals surface area contributed by atoms with Crippen LogP contribution in [0.15, 0.2) is 18.2 Å². The van der Waals surface area contributed by atoms with Crippen molar-refractivity contribution in [3.63, 3.8) is 0 Å². The van der Waals surface area contributed by atoms with Crippen LogP contribution in [-0.4, -0.2) is 13.1 Å². The third kappa shape index (κ3) is 3.32. The fourth-order valence-electron chi connectivity index (χ4n) is 2.99. The summed E-state index contributed by atoms with van der Waals surface area (Å²) in [5, 5.41) is 3.41. The zero-order valence-electron chi connectivity index (χ0n) is 11.4. The Balaban J connectivity index is 1.95. The molecule has 0 atom stereocenters. The van der Waals surface area contributed by atoms with Crippen LogP contribution in [0.3, 0.4) is 0 Å². The van der Waals surface area contributed by atoms with E-state index < -0.39 is 0 Å². The fourth-order valence-corrected chi connectivity index (χ4v) is 2.99. The van der Waals surface area contributed by atoms with Gasteiger partial charge in [0.15, 0.2) is 0 Å². The SMILES string of the molecule is CNC1CCC(Cc2cc(C)ccc2C)CC1. The topological polar surface area (TPSA) is 12.0 Å². The van der Waals surface area contributed by atoms with Crippen molar-refractivity contribution in [3.05, 3.63) is 34.9 Å². The molecule has 1 N–H and O–H groups in total. The first-order valence-corrected chi connectivity index (χ1v) is 6.92. The normalized spacial score (nSPS) is 24.9. The molecule has 94 valence electrons. The molecule has 1 aromatic carbocycles. The molecule has 1 aliphatic carbocycles. The molecular weight excluding hydrogens is 206 g/mol. The van der Waals surface area contributed by atoms with E-state index in [1.54, 1.807) is 5.56 Å². The molecule has 2 rings (SSSR count). The molecule has 1 heteroatoms. The fraction of sp³-hybridized carbons (Fsp3) is 0.625. The number of hydrogen-bond acceptors (Lipinski definition) is 1. The Labute approximate surface area is 106 Å². The molecule has 0 unspecified atom stereocenters. The summed E-state index contributed by atoms with van der Waals surface area (Å²) in [5.74, 6) is 0.903. The van der Waals surface area contributed by atoms with Gasteiger partial charge < -0.3 is 5.32 Å². The standard InChI is InChI=1S/C16H25N/c1-12-4-5-13(2)15(10-12)11-14-6-8-16(17-3)9-7-14/h4-5,10,14,16-17H,6-9,11H2,1-3H3. The van der Waals surface area contributed by atoms with Crippen molar-refractivity contribution in [1.82, 2.24) is 5.32 Å². The second kappa shape index (κ2) is 5.68. The van der Waals surface area contributed by atoms with Gasteiger partial charge in [-0.05, 0) is 70.0 Å². The molecule has 0 radical (unpaired) electrons. The Morgan fingerprint density at radius 1 is 1.12 bits per heavy atom. The molecule has 1 aliphatic rings. The Morgan fingerprint density at radius 3 is 2.47 bits per heavy atom. The maximum Gasteiger partial charge on any atom is 0.00642 e. The highest BCUT2D eigenvalue weighted by atomic mass is 14.9. The lowest BCUT2D eigenvalue weighted by Gasteiger charge is -2.28. The Bertz CT molecular complexity index is 362. The van der Waals surface area contributed by atoms with E-state index in [1.807, 2.05) is 0 Å². The monoisotopic (exact) mass is 231 g/mol. The number of aryl methyl sites for hydroxylation is 2. The van der Waals surface area contributed by atoms with E-state index in [0.29, 0.717) is 0 Å². The second-order valence-electron chi connectivity index (χ2n) is 5.64. The maximum atomic E-state index is 3.41. The van der Waals surface area contributed by atoms with Gasteiger partial charge in [-0.15, -0.1) is 0 Å². The summed E-state index contributed by atoms with van der Waals surface area (Å²) in [4.78, 5) is 0. The summed E-state index contributed by atoms with van der Waals surface area (Å²) in [6.45, 7) is 4.44. The number of rotatable bonds is 3. The highest BCUT2D eigenvalue weighted by molar-refractivity contribution is 5.30. The summed E-state index contributed by atoms with van der Waals surface area (Å²) in [6.07, 6.45) is 6.76. The van der Waals surface area contributed by atoms with E-state index >= 15 is 0 Å². The minimum Gasteiger partial charge on any atom is -0.317 e. The van der Waals surface area contributed by atoms with Crippen molar-refractivity contribution in [1.29, 1.82) is 0 Å². The molecule has 1 nitrogen and oxygen atoms in total. The van der Waals surface area contributed by atoms with Gasteiger partial charge in [-0.1, -0.05) is 23.8 Å². The van der Waals surface area contributed by atoms with E-state index in [-0.39, 0.29) is 0 Å². The first-order valence-electron chi connectivity index (χ1n) is 6.92. The summed E-state index contributed by atoms with van der Waals surface area (Å²) in [7, 11) is 2.09. The van der Waals surface area contributed by atoms with Gasteiger partial charge in [-0.2, -0.15) is 0 Å². The van der Waals surface area contributed by atoms with Crippen LogP contribution in [0.2, 0.25) is 0 Å². The van der Waals surface area contributed by atoms with Gasteiger partial charge in [0.1, 0.15) is 0 Å². The highest BCUT2D eigenvalue weighted by Gasteiger charge is 2.20. The molecule has 1 saturated carbocycles. The molecule has 0 spiro atoms. The van der Waals surface area contributed by atoms with Crippen LogP contribution in [0.1, 0.15) is 42.4 Å². The van der Waals surface area contributed by atoms with E-state index in [2.05, 4.69) is 44.4 Å². The number of nitrogens with one attached hydrogen (secondary N) is 1. The highest BCUT2D eigenvalue weighted by Crippen LogP contribution is 2.28. The average molecular weight is 231 g/mol. The Kier molecular flexibility index (Phi) is 4.22. The molecule has 0 bridgehead atoms. The van der Waals surface area contributed by atoms with Gasteiger partial charge in [-0.3, -0.25) is 0 Å². The lowest BCUT2D eigenvalue weighted by atomic mass is 9.81. The minimum atomic E-state index is 0.768. The van der Waals surface area contributed by atoms with Crippen LogP contribution in [0.5, 0.6) is 0 Å². The molecule has 1 fully saturated rings. The van der Waals surface area contributed by atoms with Crippen molar-refractivity contribution in [2.24, 2.45) is 5.92 Å². The van der Waals surface area contributed by atoms with Crippen molar-refractivity contribution < 1.29 is 0 Å². The molecule has 0 saturated heterocycles. The van der Waals surface area contributed by atoms with E-state index in [4.69, 9.17) is 0 Å². The largest absolute Gasteiger partial charge is 0.317 e. The molecule has 0 amide bonds. The quantitative estimate of drug-likeness (QED) is 0.837. The van der Waals surface area contributed by atoms with Gasteiger partial charge >= 0.3 is 0 Å². The van der Waals surface area contributed by atoms with Gasteiger partial charge in [-0.25, -0.2) is 0 Å². The van der Waals surface area contributed by atoms with Crippen LogP contribution in [0, 0.1) is 19.8 Å². The van der Waals surface area contributed by atoms with Gasteiger partial charge in [0.25, 0.3) is 0 Å². The zero-order chi connectivity index (χ0) is 12.3. The van der Waals surface area contributed by atoms with Crippen LogP contribution in [0.4, 0.5) is 0 Å². The van der Waals surface area contributed by atoms with Crippen molar-refractivity contribution in [3.8, 4) is 0 Å². The van der Waals surface area contributed by atoms with Crippen LogP contribution >= 0.6 is 0 Å². The van der Waals surface area contributed by atoms with Gasteiger partial charge in [0.05, 0.1) is 0 Å². The molecule has 0 aliphatic heterocycles. The van der Waals surface area contributed by atoms with Gasteiger partial charge in [0.2, 0.25) is 0 Å². The van der Waals surface area contributed by atoms with Crippen LogP contribution in [-0.2, 0) is 6.42 Å². The second-order valence-corrected chi connectivity index (χ2v) is 5.64. The molecular formula is C16H25N. The minimum absolute atomic E-state index is 0.768. The zero-order valence-corrected chi connectivity index (χ0v) is 11.4. The molecule has 17 heavy (non-hydrogen) atoms. The van der Waals surface area contributed by atoms with E-state index in [0.717, 1.165) is 12.0 Å². The number of hydrogen-bond donors (Lipinski definition) is 1. The van der Waals surface area contributed by atoms with E-state index in [9.17, 15) is 0 Å². The smallest absolute Gasteiger partial charge is 0.00642 e. The van der Waals surface area contributed by atoms with Crippen LogP contribution in [0.25, 0.3) is 0 Å². The van der Waals surface area contributed by atoms with Crippen molar-refractivity contribution >= 4 is 0 Å². The predicted molar refractivity (Wildman–Crippen MR) is 74.4 cm³/mol. The lowest BCUT2D eigenvalue weighted by Crippen LogP contribution is -2.30. The summed E-state index contributed by atoms with van der Waals surface area (Å²) < 4.78 is 0. The molecule has 1 aromatic rings. The third-order valence-electron chi connectivity index (χ3n) is 4.27. The first kappa shape index (κ1) is 12.6. The Hall–Kier alpha value is -0.820. The summed E-state index contributed by atoms with van der Waals surface area (Å²) in [6, 6.07) is 7.63. The number of benzene rings is 1. The summed E-state index contributed by atoms with van der Waals surface area (Å²) in [5.41, 5.74) is 4.43.